The van der Waals surface area contributed by atoms with Gasteiger partial charge in [0, 0.05) is 55.1 Å². The van der Waals surface area contributed by atoms with Gasteiger partial charge in [-0.15, -0.1) is 0 Å². The third kappa shape index (κ3) is 3.78. The second kappa shape index (κ2) is 7.91. The van der Waals surface area contributed by atoms with Crippen molar-refractivity contribution in [3.8, 4) is 0 Å². The second-order valence-electron chi connectivity index (χ2n) is 7.39. The van der Waals surface area contributed by atoms with Crippen LogP contribution in [0.3, 0.4) is 0 Å². The third-order valence-corrected chi connectivity index (χ3v) is 5.37. The highest BCUT2D eigenvalue weighted by Gasteiger charge is 2.22. The van der Waals surface area contributed by atoms with Gasteiger partial charge < -0.3 is 9.88 Å². The molecule has 3 heterocycles. The Balaban J connectivity index is 1.53. The van der Waals surface area contributed by atoms with Crippen LogP contribution in [0.4, 0.5) is 5.82 Å². The van der Waals surface area contributed by atoms with Crippen LogP contribution in [0.25, 0.3) is 10.9 Å². The Morgan fingerprint density at radius 2 is 2.07 bits per heavy atom. The molecular formula is C23H24N4O2. The maximum Gasteiger partial charge on any atom is 0.248 e. The van der Waals surface area contributed by atoms with Crippen molar-refractivity contribution in [3.63, 3.8) is 0 Å². The summed E-state index contributed by atoms with van der Waals surface area (Å²) in [6.45, 7) is 2.50. The van der Waals surface area contributed by atoms with E-state index < -0.39 is 0 Å². The van der Waals surface area contributed by atoms with Crippen LogP contribution in [0, 0.1) is 6.92 Å². The monoisotopic (exact) mass is 388 g/mol. The number of aromatic amines is 1. The summed E-state index contributed by atoms with van der Waals surface area (Å²) in [4.78, 5) is 36.1. The average Bonchev–Trinajstić information content (AvgIpc) is 2.94. The molecule has 0 saturated heterocycles. The van der Waals surface area contributed by atoms with E-state index in [-0.39, 0.29) is 11.8 Å². The van der Waals surface area contributed by atoms with Crippen LogP contribution in [-0.2, 0) is 22.6 Å². The lowest BCUT2D eigenvalue weighted by atomic mass is 10.1. The molecule has 0 unspecified atom stereocenters. The van der Waals surface area contributed by atoms with Crippen LogP contribution < -0.4 is 4.90 Å². The molecular weight excluding hydrogens is 364 g/mol. The number of benzene rings is 1. The third-order valence-electron chi connectivity index (χ3n) is 5.37. The van der Waals surface area contributed by atoms with E-state index in [9.17, 15) is 9.59 Å². The van der Waals surface area contributed by atoms with Crippen molar-refractivity contribution < 1.29 is 9.59 Å². The van der Waals surface area contributed by atoms with Gasteiger partial charge in [-0.3, -0.25) is 14.5 Å². The van der Waals surface area contributed by atoms with E-state index in [0.29, 0.717) is 18.8 Å². The molecule has 1 aliphatic rings. The summed E-state index contributed by atoms with van der Waals surface area (Å²) in [7, 11) is 1.77. The van der Waals surface area contributed by atoms with Crippen LogP contribution in [0.15, 0.2) is 54.9 Å². The Morgan fingerprint density at radius 1 is 1.24 bits per heavy atom. The number of nitrogens with zero attached hydrogens (tertiary/aromatic N) is 3. The van der Waals surface area contributed by atoms with Gasteiger partial charge >= 0.3 is 0 Å². The fourth-order valence-electron chi connectivity index (χ4n) is 3.78. The Kier molecular flexibility index (Phi) is 5.16. The van der Waals surface area contributed by atoms with E-state index in [4.69, 9.17) is 0 Å². The number of carbonyl (C=O) groups is 2. The molecule has 0 saturated carbocycles. The van der Waals surface area contributed by atoms with Crippen LogP contribution in [0.1, 0.15) is 29.7 Å². The van der Waals surface area contributed by atoms with E-state index in [0.717, 1.165) is 40.6 Å². The molecule has 0 bridgehead atoms. The SMILES string of the molecule is Cc1[nH]c2ccccc2c1CN(C)C(=O)C=CN1C(=O)CCCc2cccnc21. The number of para-hydroxylation sites is 1. The van der Waals surface area contributed by atoms with E-state index in [1.54, 1.807) is 24.3 Å². The van der Waals surface area contributed by atoms with Crippen molar-refractivity contribution in [2.24, 2.45) is 0 Å². The van der Waals surface area contributed by atoms with Crippen LogP contribution in [0.5, 0.6) is 0 Å². The molecule has 1 aliphatic heterocycles. The zero-order chi connectivity index (χ0) is 20.4. The van der Waals surface area contributed by atoms with E-state index >= 15 is 0 Å². The second-order valence-corrected chi connectivity index (χ2v) is 7.39. The van der Waals surface area contributed by atoms with Crippen molar-refractivity contribution in [1.29, 1.82) is 0 Å². The molecule has 0 radical (unpaired) electrons. The number of aromatic nitrogens is 2. The lowest BCUT2D eigenvalue weighted by Crippen LogP contribution is -2.28. The zero-order valence-corrected chi connectivity index (χ0v) is 16.7. The molecule has 2 aromatic heterocycles. The van der Waals surface area contributed by atoms with Crippen molar-refractivity contribution in [2.75, 3.05) is 11.9 Å². The molecule has 6 nitrogen and oxygen atoms in total. The number of fused-ring (bicyclic) bond motifs is 2. The molecule has 29 heavy (non-hydrogen) atoms. The Morgan fingerprint density at radius 3 is 2.93 bits per heavy atom. The van der Waals surface area contributed by atoms with Gasteiger partial charge in [-0.25, -0.2) is 4.98 Å². The minimum absolute atomic E-state index is 0.0402. The number of aryl methyl sites for hydroxylation is 2. The highest BCUT2D eigenvalue weighted by atomic mass is 16.2. The highest BCUT2D eigenvalue weighted by molar-refractivity contribution is 5.97. The first-order chi connectivity index (χ1) is 14.0. The highest BCUT2D eigenvalue weighted by Crippen LogP contribution is 2.25. The number of nitrogens with one attached hydrogen (secondary N) is 1. The number of amides is 2. The van der Waals surface area contributed by atoms with Crippen LogP contribution in [0.2, 0.25) is 0 Å². The van der Waals surface area contributed by atoms with Gasteiger partial charge in [0.2, 0.25) is 11.8 Å². The number of hydrogen-bond acceptors (Lipinski definition) is 3. The van der Waals surface area contributed by atoms with Crippen molar-refractivity contribution in [1.82, 2.24) is 14.9 Å². The Labute approximate surface area is 169 Å². The summed E-state index contributed by atoms with van der Waals surface area (Å²) in [5.41, 5.74) is 4.24. The maximum atomic E-state index is 12.7. The van der Waals surface area contributed by atoms with E-state index in [2.05, 4.69) is 16.0 Å². The summed E-state index contributed by atoms with van der Waals surface area (Å²) in [6.07, 6.45) is 6.72. The lowest BCUT2D eigenvalue weighted by Gasteiger charge is -2.19. The first-order valence-corrected chi connectivity index (χ1v) is 9.80. The van der Waals surface area contributed by atoms with Gasteiger partial charge in [0.05, 0.1) is 0 Å². The molecule has 6 heteroatoms. The van der Waals surface area contributed by atoms with Gasteiger partial charge in [-0.2, -0.15) is 0 Å². The molecule has 0 spiro atoms. The number of rotatable bonds is 4. The number of carbonyl (C=O) groups excluding carboxylic acids is 2. The van der Waals surface area contributed by atoms with Crippen molar-refractivity contribution in [3.05, 3.63) is 71.7 Å². The standard InChI is InChI=1S/C23H24N4O2/c1-16-19(18-9-3-4-10-20(18)25-16)15-26(2)21(28)12-14-27-22(29)11-5-7-17-8-6-13-24-23(17)27/h3-4,6,8-10,12-14,25H,5,7,11,15H2,1-2H3. The maximum absolute atomic E-state index is 12.7. The number of H-pyrrole nitrogens is 1. The summed E-state index contributed by atoms with van der Waals surface area (Å²) in [6, 6.07) is 11.9. The topological polar surface area (TPSA) is 69.3 Å². The van der Waals surface area contributed by atoms with Gasteiger partial charge in [-0.1, -0.05) is 24.3 Å². The van der Waals surface area contributed by atoms with Gasteiger partial charge in [0.15, 0.2) is 0 Å². The average molecular weight is 388 g/mol. The summed E-state index contributed by atoms with van der Waals surface area (Å²) >= 11 is 0. The summed E-state index contributed by atoms with van der Waals surface area (Å²) in [5.74, 6) is 0.417. The number of pyridine rings is 1. The van der Waals surface area contributed by atoms with E-state index in [1.165, 1.54) is 11.0 Å². The molecule has 3 aromatic rings. The molecule has 4 rings (SSSR count). The van der Waals surface area contributed by atoms with Crippen molar-refractivity contribution in [2.45, 2.75) is 32.7 Å². The van der Waals surface area contributed by atoms with Gasteiger partial charge in [0.25, 0.3) is 0 Å². The number of likely N-dealkylation sites (N-methyl/N-ethyl adjacent to an activating group) is 1. The Bertz CT molecular complexity index is 1100. The van der Waals surface area contributed by atoms with Crippen LogP contribution in [-0.4, -0.2) is 33.7 Å². The number of anilines is 1. The quantitative estimate of drug-likeness (QED) is 0.693. The Hall–Kier alpha value is -3.41. The largest absolute Gasteiger partial charge is 0.358 e. The van der Waals surface area contributed by atoms with E-state index in [1.807, 2.05) is 37.3 Å². The molecule has 1 N–H and O–H groups in total. The molecule has 1 aromatic carbocycles. The molecule has 0 fully saturated rings. The zero-order valence-electron chi connectivity index (χ0n) is 16.7. The van der Waals surface area contributed by atoms with Crippen molar-refractivity contribution >= 4 is 28.5 Å². The van der Waals surface area contributed by atoms with Crippen LogP contribution >= 0.6 is 0 Å². The molecule has 148 valence electrons. The number of hydrogen-bond donors (Lipinski definition) is 1. The molecule has 0 aliphatic carbocycles. The predicted octanol–water partition coefficient (Wildman–Crippen LogP) is 3.71. The minimum Gasteiger partial charge on any atom is -0.358 e. The first kappa shape index (κ1) is 18.9. The first-order valence-electron chi connectivity index (χ1n) is 9.80. The smallest absolute Gasteiger partial charge is 0.248 e. The molecule has 0 atom stereocenters. The van der Waals surface area contributed by atoms with Gasteiger partial charge in [0.1, 0.15) is 5.82 Å². The fraction of sp³-hybridized carbons (Fsp3) is 0.261. The fourth-order valence-corrected chi connectivity index (χ4v) is 3.78. The van der Waals surface area contributed by atoms with Gasteiger partial charge in [-0.05, 0) is 43.0 Å². The molecule has 2 amide bonds. The summed E-state index contributed by atoms with van der Waals surface area (Å²) in [5, 5.41) is 1.12. The predicted molar refractivity (Wildman–Crippen MR) is 113 cm³/mol. The summed E-state index contributed by atoms with van der Waals surface area (Å²) < 4.78 is 0. The lowest BCUT2D eigenvalue weighted by molar-refractivity contribution is -0.125. The normalized spacial score (nSPS) is 14.3. The minimum atomic E-state index is -0.163.